The molecule has 2 saturated carbocycles. The van der Waals surface area contributed by atoms with E-state index in [1.807, 2.05) is 23.0 Å². The van der Waals surface area contributed by atoms with Gasteiger partial charge in [0.05, 0.1) is 6.20 Å². The van der Waals surface area contributed by atoms with Gasteiger partial charge in [-0.05, 0) is 92.4 Å². The molecule has 2 fully saturated rings. The number of aryl methyl sites for hydroxylation is 2. The highest BCUT2D eigenvalue weighted by Gasteiger charge is 2.63. The average molecular weight is 483 g/mol. The molecule has 0 bridgehead atoms. The van der Waals surface area contributed by atoms with Gasteiger partial charge >= 0.3 is 0 Å². The van der Waals surface area contributed by atoms with Crippen molar-refractivity contribution in [2.24, 2.45) is 17.3 Å². The van der Waals surface area contributed by atoms with Crippen molar-refractivity contribution in [2.45, 2.75) is 95.6 Å². The Labute approximate surface area is 206 Å². The average Bonchev–Trinajstić information content (AvgIpc) is 3.44. The Hall–Kier alpha value is -2.45. The third-order valence-electron chi connectivity index (χ3n) is 9.49. The van der Waals surface area contributed by atoms with Crippen molar-refractivity contribution in [3.63, 3.8) is 0 Å². The molecule has 0 spiro atoms. The number of aromatic hydroxyl groups is 1. The molecule has 2 aromatic rings. The van der Waals surface area contributed by atoms with E-state index in [1.54, 1.807) is 5.48 Å². The van der Waals surface area contributed by atoms with Gasteiger partial charge in [0.15, 0.2) is 0 Å². The first-order chi connectivity index (χ1) is 16.9. The first kappa shape index (κ1) is 24.3. The fraction of sp³-hybridized carbons (Fsp3) is 0.667. The first-order valence-electron chi connectivity index (χ1n) is 13.2. The Morgan fingerprint density at radius 2 is 2.00 bits per heavy atom. The minimum Gasteiger partial charge on any atom is -0.508 e. The maximum absolute atomic E-state index is 12.1. The quantitative estimate of drug-likeness (QED) is 0.254. The van der Waals surface area contributed by atoms with Crippen LogP contribution in [0.4, 0.5) is 0 Å². The molecule has 0 aliphatic heterocycles. The summed E-state index contributed by atoms with van der Waals surface area (Å²) in [7, 11) is 0. The molecule has 8 heteroatoms. The van der Waals surface area contributed by atoms with Gasteiger partial charge in [0, 0.05) is 18.4 Å². The van der Waals surface area contributed by atoms with E-state index < -0.39 is 5.60 Å². The molecular formula is C27H38N4O4. The zero-order valence-corrected chi connectivity index (χ0v) is 20.6. The summed E-state index contributed by atoms with van der Waals surface area (Å²) in [6.07, 6.45) is 11.7. The summed E-state index contributed by atoms with van der Waals surface area (Å²) in [5, 5.41) is 39.3. The van der Waals surface area contributed by atoms with Crippen molar-refractivity contribution in [1.82, 2.24) is 20.5 Å². The molecule has 8 nitrogen and oxygen atoms in total. The number of fused-ring (bicyclic) bond motifs is 5. The summed E-state index contributed by atoms with van der Waals surface area (Å²) in [5.74, 6) is 1.54. The lowest BCUT2D eigenvalue weighted by atomic mass is 9.53. The summed E-state index contributed by atoms with van der Waals surface area (Å²) in [6, 6.07) is 5.89. The third-order valence-corrected chi connectivity index (χ3v) is 9.49. The number of benzene rings is 1. The van der Waals surface area contributed by atoms with Crippen molar-refractivity contribution in [3.05, 3.63) is 41.2 Å². The predicted octanol–water partition coefficient (Wildman–Crippen LogP) is 4.18. The number of phenols is 1. The highest BCUT2D eigenvalue weighted by Crippen LogP contribution is 2.66. The van der Waals surface area contributed by atoms with Gasteiger partial charge in [0.2, 0.25) is 5.91 Å². The van der Waals surface area contributed by atoms with Crippen molar-refractivity contribution in [1.29, 1.82) is 0 Å². The largest absolute Gasteiger partial charge is 0.508 e. The Morgan fingerprint density at radius 1 is 1.17 bits per heavy atom. The van der Waals surface area contributed by atoms with Crippen molar-refractivity contribution in [3.8, 4) is 5.75 Å². The molecule has 1 aromatic carbocycles. The summed E-state index contributed by atoms with van der Waals surface area (Å²) in [6.45, 7) is 3.01. The number of aliphatic hydroxyl groups is 1. The van der Waals surface area contributed by atoms with Crippen LogP contribution in [0.2, 0.25) is 0 Å². The minimum atomic E-state index is -0.951. The number of phenolic OH excluding ortho intramolecular Hbond substituents is 1. The number of hydroxylamine groups is 1. The molecule has 5 atom stereocenters. The first-order valence-corrected chi connectivity index (χ1v) is 13.2. The molecule has 5 rings (SSSR count). The number of amides is 1. The molecule has 0 saturated heterocycles. The third kappa shape index (κ3) is 4.25. The normalized spacial score (nSPS) is 31.5. The zero-order chi connectivity index (χ0) is 24.6. The smallest absolute Gasteiger partial charge is 0.243 e. The predicted molar refractivity (Wildman–Crippen MR) is 130 cm³/mol. The standard InChI is InChI=1S/C27H38N4O4/c1-26-13-11-21-20-10-8-19(32)16-18(20)7-9-22(21)23(26)12-14-27(26,34)24-17-31(30-28-24)15-5-3-2-4-6-25(33)29-35/h8,10,16-17,21-23,32,34-35H,2-7,9,11-15H2,1H3,(H,29,33)/t21-,22-,23+,26+,27-/m1/s1. The van der Waals surface area contributed by atoms with Gasteiger partial charge < -0.3 is 10.2 Å². The Kier molecular flexibility index (Phi) is 6.61. The summed E-state index contributed by atoms with van der Waals surface area (Å²) in [5.41, 5.74) is 3.91. The Balaban J connectivity index is 1.24. The van der Waals surface area contributed by atoms with Crippen molar-refractivity contribution < 1.29 is 20.2 Å². The van der Waals surface area contributed by atoms with Crippen LogP contribution in [0.3, 0.4) is 0 Å². The number of hydrogen-bond acceptors (Lipinski definition) is 6. The second-order valence-electron chi connectivity index (χ2n) is 11.2. The molecule has 0 radical (unpaired) electrons. The fourth-order valence-electron chi connectivity index (χ4n) is 7.57. The number of nitrogens with zero attached hydrogens (tertiary/aromatic N) is 3. The number of aromatic nitrogens is 3. The van der Waals surface area contributed by atoms with Gasteiger partial charge in [0.1, 0.15) is 17.0 Å². The molecule has 0 unspecified atom stereocenters. The van der Waals surface area contributed by atoms with E-state index in [0.717, 1.165) is 70.8 Å². The van der Waals surface area contributed by atoms with Crippen LogP contribution in [0, 0.1) is 17.3 Å². The van der Waals surface area contributed by atoms with E-state index in [2.05, 4.69) is 23.3 Å². The summed E-state index contributed by atoms with van der Waals surface area (Å²) >= 11 is 0. The lowest BCUT2D eigenvalue weighted by Gasteiger charge is -2.52. The second kappa shape index (κ2) is 9.54. The van der Waals surface area contributed by atoms with E-state index in [9.17, 15) is 15.0 Å². The van der Waals surface area contributed by atoms with Crippen molar-refractivity contribution >= 4 is 5.91 Å². The van der Waals surface area contributed by atoms with Gasteiger partial charge in [-0.3, -0.25) is 14.7 Å². The van der Waals surface area contributed by atoms with E-state index in [-0.39, 0.29) is 11.3 Å². The maximum atomic E-state index is 12.1. The van der Waals surface area contributed by atoms with E-state index in [4.69, 9.17) is 5.21 Å². The highest BCUT2D eigenvalue weighted by molar-refractivity contribution is 5.74. The number of nitrogens with one attached hydrogen (secondary N) is 1. The minimum absolute atomic E-state index is 0.212. The van der Waals surface area contributed by atoms with E-state index >= 15 is 0 Å². The number of unbranched alkanes of at least 4 members (excludes halogenated alkanes) is 3. The lowest BCUT2D eigenvalue weighted by molar-refractivity contribution is -0.129. The molecule has 190 valence electrons. The van der Waals surface area contributed by atoms with Crippen LogP contribution in [0.5, 0.6) is 5.75 Å². The fourth-order valence-corrected chi connectivity index (χ4v) is 7.57. The number of carbonyl (C=O) groups excluding carboxylic acids is 1. The summed E-state index contributed by atoms with van der Waals surface area (Å²) in [4.78, 5) is 11.1. The highest BCUT2D eigenvalue weighted by atomic mass is 16.5. The van der Waals surface area contributed by atoms with E-state index in [0.29, 0.717) is 35.6 Å². The lowest BCUT2D eigenvalue weighted by Crippen LogP contribution is -2.49. The van der Waals surface area contributed by atoms with Crippen LogP contribution in [0.1, 0.15) is 93.9 Å². The number of hydrogen-bond donors (Lipinski definition) is 4. The van der Waals surface area contributed by atoms with Crippen LogP contribution in [0.15, 0.2) is 24.4 Å². The zero-order valence-electron chi connectivity index (χ0n) is 20.6. The van der Waals surface area contributed by atoms with Crippen molar-refractivity contribution in [2.75, 3.05) is 0 Å². The van der Waals surface area contributed by atoms with Crippen LogP contribution in [-0.4, -0.2) is 36.3 Å². The molecular weight excluding hydrogens is 444 g/mol. The maximum Gasteiger partial charge on any atom is 0.243 e. The number of carbonyl (C=O) groups is 1. The Bertz CT molecular complexity index is 1070. The van der Waals surface area contributed by atoms with Gasteiger partial charge in [0.25, 0.3) is 0 Å². The topological polar surface area (TPSA) is 120 Å². The van der Waals surface area contributed by atoms with Gasteiger partial charge in [-0.2, -0.15) is 0 Å². The van der Waals surface area contributed by atoms with Gasteiger partial charge in [-0.1, -0.05) is 31.0 Å². The molecule has 3 aliphatic carbocycles. The molecule has 4 N–H and O–H groups in total. The molecule has 35 heavy (non-hydrogen) atoms. The monoisotopic (exact) mass is 482 g/mol. The summed E-state index contributed by atoms with van der Waals surface area (Å²) < 4.78 is 1.85. The van der Waals surface area contributed by atoms with Crippen LogP contribution in [0.25, 0.3) is 0 Å². The number of rotatable bonds is 8. The van der Waals surface area contributed by atoms with Crippen LogP contribution < -0.4 is 5.48 Å². The Morgan fingerprint density at radius 3 is 2.83 bits per heavy atom. The second-order valence-corrected chi connectivity index (χ2v) is 11.2. The molecule has 1 aromatic heterocycles. The SMILES string of the molecule is C[C@]12CC[C@@H]3c4ccc(O)cc4CC[C@H]3[C@@H]1CC[C@@]2(O)c1cn(CCCCCCC(=O)NO)nn1. The van der Waals surface area contributed by atoms with E-state index in [1.165, 1.54) is 11.1 Å². The molecule has 3 aliphatic rings. The molecule has 1 amide bonds. The van der Waals surface area contributed by atoms with Crippen LogP contribution in [-0.2, 0) is 23.4 Å². The van der Waals surface area contributed by atoms with Crippen LogP contribution >= 0.6 is 0 Å². The van der Waals surface area contributed by atoms with Gasteiger partial charge in [-0.25, -0.2) is 5.48 Å². The van der Waals surface area contributed by atoms with Gasteiger partial charge in [-0.15, -0.1) is 5.10 Å². The molecule has 1 heterocycles.